The minimum absolute atomic E-state index is 0.793. The molecule has 21 heavy (non-hydrogen) atoms. The molecular formula is C20H41N. The maximum atomic E-state index is 3.90. The molecule has 0 bridgehead atoms. The van der Waals surface area contributed by atoms with Gasteiger partial charge in [-0.3, -0.25) is 0 Å². The predicted octanol–water partition coefficient (Wildman–Crippen LogP) is 6.18. The van der Waals surface area contributed by atoms with E-state index in [1.807, 2.05) is 0 Å². The SMILES string of the molecule is CCCCC1CCC(C(CC(CC)CC)NCCC)CC1. The molecule has 0 heterocycles. The van der Waals surface area contributed by atoms with Crippen LogP contribution in [-0.4, -0.2) is 12.6 Å². The summed E-state index contributed by atoms with van der Waals surface area (Å²) in [6.45, 7) is 10.6. The molecule has 0 radical (unpaired) electrons. The van der Waals surface area contributed by atoms with Crippen LogP contribution in [0.5, 0.6) is 0 Å². The van der Waals surface area contributed by atoms with E-state index in [2.05, 4.69) is 33.0 Å². The summed E-state index contributed by atoms with van der Waals surface area (Å²) in [7, 11) is 0. The first-order valence-electron chi connectivity index (χ1n) is 9.98. The van der Waals surface area contributed by atoms with Crippen molar-refractivity contribution in [3.63, 3.8) is 0 Å². The predicted molar refractivity (Wildman–Crippen MR) is 95.7 cm³/mol. The topological polar surface area (TPSA) is 12.0 Å². The molecule has 1 heteroatoms. The molecule has 0 aromatic heterocycles. The van der Waals surface area contributed by atoms with Crippen LogP contribution in [0.15, 0.2) is 0 Å². The van der Waals surface area contributed by atoms with Crippen LogP contribution in [0.3, 0.4) is 0 Å². The van der Waals surface area contributed by atoms with Gasteiger partial charge in [-0.1, -0.05) is 72.6 Å². The summed E-state index contributed by atoms with van der Waals surface area (Å²) in [5.74, 6) is 2.92. The van der Waals surface area contributed by atoms with Crippen LogP contribution in [-0.2, 0) is 0 Å². The zero-order valence-electron chi connectivity index (χ0n) is 15.3. The lowest BCUT2D eigenvalue weighted by atomic mass is 9.74. The van der Waals surface area contributed by atoms with Crippen molar-refractivity contribution in [1.82, 2.24) is 5.32 Å². The zero-order valence-corrected chi connectivity index (χ0v) is 15.3. The zero-order chi connectivity index (χ0) is 15.5. The smallest absolute Gasteiger partial charge is 0.00979 e. The Morgan fingerprint density at radius 1 is 0.905 bits per heavy atom. The van der Waals surface area contributed by atoms with Gasteiger partial charge >= 0.3 is 0 Å². The second kappa shape index (κ2) is 11.5. The number of rotatable bonds is 11. The van der Waals surface area contributed by atoms with Gasteiger partial charge in [0.15, 0.2) is 0 Å². The highest BCUT2D eigenvalue weighted by molar-refractivity contribution is 4.83. The van der Waals surface area contributed by atoms with Gasteiger partial charge in [0.1, 0.15) is 0 Å². The molecule has 1 atom stereocenters. The Morgan fingerprint density at radius 3 is 2.10 bits per heavy atom. The van der Waals surface area contributed by atoms with Crippen molar-refractivity contribution >= 4 is 0 Å². The van der Waals surface area contributed by atoms with E-state index in [0.717, 1.165) is 23.8 Å². The first kappa shape index (κ1) is 19.0. The third kappa shape index (κ3) is 7.17. The first-order chi connectivity index (χ1) is 10.2. The Labute approximate surface area is 134 Å². The lowest BCUT2D eigenvalue weighted by Gasteiger charge is -2.36. The van der Waals surface area contributed by atoms with Gasteiger partial charge in [0.25, 0.3) is 0 Å². The molecule has 1 N–H and O–H groups in total. The van der Waals surface area contributed by atoms with Gasteiger partial charge in [0.05, 0.1) is 0 Å². The molecule has 0 saturated heterocycles. The van der Waals surface area contributed by atoms with Crippen molar-refractivity contribution in [1.29, 1.82) is 0 Å². The van der Waals surface area contributed by atoms with E-state index < -0.39 is 0 Å². The van der Waals surface area contributed by atoms with E-state index in [1.165, 1.54) is 77.2 Å². The van der Waals surface area contributed by atoms with Gasteiger partial charge < -0.3 is 5.32 Å². The molecule has 0 amide bonds. The molecule has 0 aromatic carbocycles. The molecule has 0 aliphatic heterocycles. The van der Waals surface area contributed by atoms with Crippen LogP contribution >= 0.6 is 0 Å². The summed E-state index contributed by atoms with van der Waals surface area (Å²) in [5.41, 5.74) is 0. The lowest BCUT2D eigenvalue weighted by Crippen LogP contribution is -2.40. The molecule has 0 aromatic rings. The fourth-order valence-corrected chi connectivity index (χ4v) is 4.13. The van der Waals surface area contributed by atoms with E-state index in [-0.39, 0.29) is 0 Å². The Hall–Kier alpha value is -0.0400. The van der Waals surface area contributed by atoms with Crippen LogP contribution in [0.25, 0.3) is 0 Å². The van der Waals surface area contributed by atoms with Crippen LogP contribution in [0, 0.1) is 17.8 Å². The Bertz CT molecular complexity index is 226. The number of hydrogen-bond acceptors (Lipinski definition) is 1. The van der Waals surface area contributed by atoms with Crippen LogP contribution in [0.4, 0.5) is 0 Å². The largest absolute Gasteiger partial charge is 0.314 e. The van der Waals surface area contributed by atoms with Crippen LogP contribution < -0.4 is 5.32 Å². The summed E-state index contributed by atoms with van der Waals surface area (Å²) in [4.78, 5) is 0. The average molecular weight is 296 g/mol. The van der Waals surface area contributed by atoms with E-state index in [4.69, 9.17) is 0 Å². The quantitative estimate of drug-likeness (QED) is 0.480. The fraction of sp³-hybridized carbons (Fsp3) is 1.00. The highest BCUT2D eigenvalue weighted by atomic mass is 14.9. The minimum atomic E-state index is 0.793. The van der Waals surface area contributed by atoms with Crippen molar-refractivity contribution in [3.05, 3.63) is 0 Å². The summed E-state index contributed by atoms with van der Waals surface area (Å²) in [6, 6.07) is 0.793. The highest BCUT2D eigenvalue weighted by Gasteiger charge is 2.28. The molecular weight excluding hydrogens is 254 g/mol. The Balaban J connectivity index is 2.43. The van der Waals surface area contributed by atoms with Crippen molar-refractivity contribution < 1.29 is 0 Å². The van der Waals surface area contributed by atoms with Gasteiger partial charge in [-0.25, -0.2) is 0 Å². The molecule has 1 saturated carbocycles. The third-order valence-electron chi connectivity index (χ3n) is 5.82. The van der Waals surface area contributed by atoms with Crippen molar-refractivity contribution in [2.45, 2.75) is 104 Å². The molecule has 126 valence electrons. The van der Waals surface area contributed by atoms with E-state index in [1.54, 1.807) is 0 Å². The fourth-order valence-electron chi connectivity index (χ4n) is 4.13. The first-order valence-corrected chi connectivity index (χ1v) is 9.98. The summed E-state index contributed by atoms with van der Waals surface area (Å²) in [6.07, 6.45) is 15.7. The van der Waals surface area contributed by atoms with Gasteiger partial charge in [0.2, 0.25) is 0 Å². The van der Waals surface area contributed by atoms with Gasteiger partial charge in [-0.15, -0.1) is 0 Å². The van der Waals surface area contributed by atoms with E-state index in [0.29, 0.717) is 0 Å². The molecule has 1 fully saturated rings. The summed E-state index contributed by atoms with van der Waals surface area (Å²) < 4.78 is 0. The standard InChI is InChI=1S/C20H41N/c1-5-9-10-18-11-13-19(14-12-18)20(21-15-6-2)16-17(7-3)8-4/h17-21H,5-16H2,1-4H3. The molecule has 1 aliphatic carbocycles. The van der Waals surface area contributed by atoms with Gasteiger partial charge in [-0.05, 0) is 50.0 Å². The number of hydrogen-bond donors (Lipinski definition) is 1. The Morgan fingerprint density at radius 2 is 1.57 bits per heavy atom. The highest BCUT2D eigenvalue weighted by Crippen LogP contribution is 2.35. The lowest BCUT2D eigenvalue weighted by molar-refractivity contribution is 0.190. The number of nitrogens with one attached hydrogen (secondary N) is 1. The molecule has 1 rings (SSSR count). The molecule has 1 unspecified atom stereocenters. The second-order valence-corrected chi connectivity index (χ2v) is 7.40. The summed E-state index contributed by atoms with van der Waals surface area (Å²) >= 11 is 0. The maximum Gasteiger partial charge on any atom is 0.00979 e. The molecule has 1 aliphatic rings. The average Bonchev–Trinajstić information content (AvgIpc) is 2.54. The van der Waals surface area contributed by atoms with Gasteiger partial charge in [0, 0.05) is 6.04 Å². The third-order valence-corrected chi connectivity index (χ3v) is 5.82. The Kier molecular flexibility index (Phi) is 10.4. The summed E-state index contributed by atoms with van der Waals surface area (Å²) in [5, 5.41) is 3.90. The van der Waals surface area contributed by atoms with Crippen molar-refractivity contribution in [2.24, 2.45) is 17.8 Å². The normalized spacial score (nSPS) is 24.4. The number of unbranched alkanes of at least 4 members (excludes halogenated alkanes) is 1. The molecule has 1 nitrogen and oxygen atoms in total. The van der Waals surface area contributed by atoms with E-state index >= 15 is 0 Å². The second-order valence-electron chi connectivity index (χ2n) is 7.40. The van der Waals surface area contributed by atoms with E-state index in [9.17, 15) is 0 Å². The maximum absolute atomic E-state index is 3.90. The van der Waals surface area contributed by atoms with Crippen LogP contribution in [0.2, 0.25) is 0 Å². The van der Waals surface area contributed by atoms with Gasteiger partial charge in [-0.2, -0.15) is 0 Å². The minimum Gasteiger partial charge on any atom is -0.314 e. The van der Waals surface area contributed by atoms with Crippen molar-refractivity contribution in [3.8, 4) is 0 Å². The van der Waals surface area contributed by atoms with Crippen LogP contribution in [0.1, 0.15) is 98.3 Å². The van der Waals surface area contributed by atoms with Crippen molar-refractivity contribution in [2.75, 3.05) is 6.54 Å². The molecule has 0 spiro atoms. The monoisotopic (exact) mass is 295 g/mol.